The van der Waals surface area contributed by atoms with Crippen LogP contribution in [0, 0.1) is 5.92 Å². The van der Waals surface area contributed by atoms with Crippen LogP contribution in [0.5, 0.6) is 0 Å². The second-order valence-corrected chi connectivity index (χ2v) is 7.71. The van der Waals surface area contributed by atoms with Crippen LogP contribution in [0.4, 0.5) is 0 Å². The van der Waals surface area contributed by atoms with Crippen LogP contribution < -0.4 is 5.32 Å². The maximum atomic E-state index is 12.6. The van der Waals surface area contributed by atoms with Gasteiger partial charge in [-0.1, -0.05) is 37.3 Å². The Balaban J connectivity index is 1.56. The number of carbonyl (C=O) groups is 3. The Kier molecular flexibility index (Phi) is 6.67. The molecule has 2 amide bonds. The molecule has 7 nitrogen and oxygen atoms in total. The first kappa shape index (κ1) is 20.3. The molecule has 0 bridgehead atoms. The van der Waals surface area contributed by atoms with Gasteiger partial charge in [0, 0.05) is 32.0 Å². The molecule has 0 aromatic heterocycles. The van der Waals surface area contributed by atoms with Crippen LogP contribution in [0.2, 0.25) is 0 Å². The summed E-state index contributed by atoms with van der Waals surface area (Å²) in [6, 6.07) is 8.58. The standard InChI is InChI=1S/C21H29N3O4/c1-2-23-10-6-9-17(23)14-24-13-16(12-19(24)25)20(26)22-18(21(27)28)11-15-7-4-3-5-8-15/h3-5,7-8,16-18H,2,6,9-14H2,1H3,(H,22,26)(H,27,28)/t16-,17-,18-/m1/s1. The first-order chi connectivity index (χ1) is 13.5. The number of hydrogen-bond donors (Lipinski definition) is 2. The number of hydrogen-bond acceptors (Lipinski definition) is 4. The van der Waals surface area contributed by atoms with E-state index in [1.807, 2.05) is 30.3 Å². The van der Waals surface area contributed by atoms with E-state index in [0.717, 1.165) is 31.5 Å². The minimum atomic E-state index is -1.07. The van der Waals surface area contributed by atoms with Gasteiger partial charge in [0.2, 0.25) is 11.8 Å². The molecule has 1 aromatic carbocycles. The van der Waals surface area contributed by atoms with E-state index in [1.165, 1.54) is 0 Å². The summed E-state index contributed by atoms with van der Waals surface area (Å²) in [5.41, 5.74) is 0.847. The summed E-state index contributed by atoms with van der Waals surface area (Å²) in [6.45, 7) is 5.18. The number of carbonyl (C=O) groups excluding carboxylic acids is 2. The first-order valence-electron chi connectivity index (χ1n) is 10.1. The third-order valence-electron chi connectivity index (χ3n) is 5.82. The van der Waals surface area contributed by atoms with Gasteiger partial charge >= 0.3 is 5.97 Å². The summed E-state index contributed by atoms with van der Waals surface area (Å²) in [6.07, 6.45) is 2.60. The van der Waals surface area contributed by atoms with Gasteiger partial charge in [-0.05, 0) is 31.5 Å². The van der Waals surface area contributed by atoms with Crippen LogP contribution in [0.3, 0.4) is 0 Å². The van der Waals surface area contributed by atoms with Crippen LogP contribution in [-0.2, 0) is 20.8 Å². The summed E-state index contributed by atoms with van der Waals surface area (Å²) in [5.74, 6) is -1.92. The molecule has 152 valence electrons. The van der Waals surface area contributed by atoms with E-state index in [4.69, 9.17) is 0 Å². The largest absolute Gasteiger partial charge is 0.480 e. The quantitative estimate of drug-likeness (QED) is 0.698. The van der Waals surface area contributed by atoms with Gasteiger partial charge < -0.3 is 15.3 Å². The Morgan fingerprint density at radius 3 is 2.71 bits per heavy atom. The van der Waals surface area contributed by atoms with Gasteiger partial charge in [0.15, 0.2) is 0 Å². The molecule has 0 aliphatic carbocycles. The van der Waals surface area contributed by atoms with Crippen LogP contribution in [0.1, 0.15) is 31.7 Å². The number of carboxylic acid groups (broad SMARTS) is 1. The highest BCUT2D eigenvalue weighted by Crippen LogP contribution is 2.23. The molecule has 1 aromatic rings. The van der Waals surface area contributed by atoms with Crippen molar-refractivity contribution in [2.75, 3.05) is 26.2 Å². The monoisotopic (exact) mass is 387 g/mol. The number of likely N-dealkylation sites (tertiary alicyclic amines) is 2. The molecule has 2 heterocycles. The van der Waals surface area contributed by atoms with Gasteiger partial charge in [-0.15, -0.1) is 0 Å². The molecule has 2 aliphatic heterocycles. The first-order valence-corrected chi connectivity index (χ1v) is 10.1. The van der Waals surface area contributed by atoms with Crippen molar-refractivity contribution >= 4 is 17.8 Å². The highest BCUT2D eigenvalue weighted by atomic mass is 16.4. The predicted octanol–water partition coefficient (Wildman–Crippen LogP) is 1.13. The zero-order valence-corrected chi connectivity index (χ0v) is 16.3. The van der Waals surface area contributed by atoms with Crippen molar-refractivity contribution in [3.63, 3.8) is 0 Å². The van der Waals surface area contributed by atoms with Crippen LogP contribution in [-0.4, -0.2) is 71.0 Å². The zero-order chi connectivity index (χ0) is 20.1. The van der Waals surface area contributed by atoms with E-state index in [0.29, 0.717) is 19.1 Å². The zero-order valence-electron chi connectivity index (χ0n) is 16.3. The minimum absolute atomic E-state index is 0.0157. The van der Waals surface area contributed by atoms with E-state index < -0.39 is 17.9 Å². The third-order valence-corrected chi connectivity index (χ3v) is 5.82. The Morgan fingerprint density at radius 2 is 2.04 bits per heavy atom. The van der Waals surface area contributed by atoms with Gasteiger partial charge in [0.05, 0.1) is 5.92 Å². The minimum Gasteiger partial charge on any atom is -0.480 e. The second kappa shape index (κ2) is 9.19. The number of nitrogens with one attached hydrogen (secondary N) is 1. The average Bonchev–Trinajstić information content (AvgIpc) is 3.28. The lowest BCUT2D eigenvalue weighted by Crippen LogP contribution is -2.46. The second-order valence-electron chi connectivity index (χ2n) is 7.71. The van der Waals surface area contributed by atoms with Crippen molar-refractivity contribution < 1.29 is 19.5 Å². The number of likely N-dealkylation sites (N-methyl/N-ethyl adjacent to an activating group) is 1. The maximum absolute atomic E-state index is 12.6. The third kappa shape index (κ3) is 4.90. The lowest BCUT2D eigenvalue weighted by Gasteiger charge is -2.27. The molecular weight excluding hydrogens is 358 g/mol. The average molecular weight is 387 g/mol. The summed E-state index contributed by atoms with van der Waals surface area (Å²) in [4.78, 5) is 40.8. The highest BCUT2D eigenvalue weighted by Gasteiger charge is 2.38. The van der Waals surface area contributed by atoms with Crippen molar-refractivity contribution in [1.82, 2.24) is 15.1 Å². The molecule has 2 aliphatic rings. The van der Waals surface area contributed by atoms with E-state index in [1.54, 1.807) is 4.90 Å². The Labute approximate surface area is 165 Å². The summed E-state index contributed by atoms with van der Waals surface area (Å²) >= 11 is 0. The van der Waals surface area contributed by atoms with Gasteiger partial charge in [0.25, 0.3) is 0 Å². The van der Waals surface area contributed by atoms with Crippen molar-refractivity contribution in [1.29, 1.82) is 0 Å². The van der Waals surface area contributed by atoms with Crippen LogP contribution in [0.25, 0.3) is 0 Å². The van der Waals surface area contributed by atoms with E-state index in [-0.39, 0.29) is 24.7 Å². The summed E-state index contributed by atoms with van der Waals surface area (Å²) < 4.78 is 0. The fourth-order valence-electron chi connectivity index (χ4n) is 4.24. The Morgan fingerprint density at radius 1 is 1.29 bits per heavy atom. The molecular formula is C21H29N3O4. The molecule has 2 fully saturated rings. The molecule has 7 heteroatoms. The van der Waals surface area contributed by atoms with Crippen molar-refractivity contribution in [3.05, 3.63) is 35.9 Å². The lowest BCUT2D eigenvalue weighted by atomic mass is 10.0. The number of aliphatic carboxylic acids is 1. The van der Waals surface area contributed by atoms with Gasteiger partial charge in [-0.3, -0.25) is 14.5 Å². The molecule has 2 saturated heterocycles. The SMILES string of the molecule is CCN1CCC[C@@H]1CN1C[C@H](C(=O)N[C@H](Cc2ccccc2)C(=O)O)CC1=O. The molecule has 3 rings (SSSR count). The number of amides is 2. The maximum Gasteiger partial charge on any atom is 0.326 e. The van der Waals surface area contributed by atoms with Crippen molar-refractivity contribution in [2.24, 2.45) is 5.92 Å². The van der Waals surface area contributed by atoms with Crippen LogP contribution >= 0.6 is 0 Å². The van der Waals surface area contributed by atoms with E-state index in [9.17, 15) is 19.5 Å². The Bertz CT molecular complexity index is 709. The molecule has 0 unspecified atom stereocenters. The summed E-state index contributed by atoms with van der Waals surface area (Å²) in [5, 5.41) is 12.1. The molecule has 0 saturated carbocycles. The van der Waals surface area contributed by atoms with Gasteiger partial charge in [-0.2, -0.15) is 0 Å². The fourth-order valence-corrected chi connectivity index (χ4v) is 4.24. The van der Waals surface area contributed by atoms with E-state index in [2.05, 4.69) is 17.1 Å². The number of nitrogens with zero attached hydrogens (tertiary/aromatic N) is 2. The highest BCUT2D eigenvalue weighted by molar-refractivity contribution is 5.91. The molecule has 0 radical (unpaired) electrons. The van der Waals surface area contributed by atoms with Gasteiger partial charge in [-0.25, -0.2) is 4.79 Å². The van der Waals surface area contributed by atoms with Crippen molar-refractivity contribution in [3.8, 4) is 0 Å². The lowest BCUT2D eigenvalue weighted by molar-refractivity contribution is -0.142. The normalized spacial score (nSPS) is 23.8. The predicted molar refractivity (Wildman–Crippen MR) is 105 cm³/mol. The van der Waals surface area contributed by atoms with Gasteiger partial charge in [0.1, 0.15) is 6.04 Å². The number of carboxylic acids is 1. The summed E-state index contributed by atoms with van der Waals surface area (Å²) in [7, 11) is 0. The number of rotatable bonds is 8. The molecule has 0 spiro atoms. The topological polar surface area (TPSA) is 89.9 Å². The fraction of sp³-hybridized carbons (Fsp3) is 0.571. The molecule has 3 atom stereocenters. The smallest absolute Gasteiger partial charge is 0.326 e. The number of benzene rings is 1. The van der Waals surface area contributed by atoms with Crippen molar-refractivity contribution in [2.45, 2.75) is 44.7 Å². The molecule has 28 heavy (non-hydrogen) atoms. The van der Waals surface area contributed by atoms with Crippen LogP contribution in [0.15, 0.2) is 30.3 Å². The van der Waals surface area contributed by atoms with E-state index >= 15 is 0 Å². The molecule has 2 N–H and O–H groups in total. The Hall–Kier alpha value is -2.41.